The van der Waals surface area contributed by atoms with E-state index >= 15 is 0 Å². The van der Waals surface area contributed by atoms with Crippen molar-refractivity contribution in [2.24, 2.45) is 11.3 Å². The molecule has 13 heavy (non-hydrogen) atoms. The van der Waals surface area contributed by atoms with Crippen molar-refractivity contribution in [1.29, 1.82) is 0 Å². The van der Waals surface area contributed by atoms with Crippen LogP contribution in [0.1, 0.15) is 39.5 Å². The topological polar surface area (TPSA) is 37.3 Å². The lowest BCUT2D eigenvalue weighted by Gasteiger charge is -2.32. The number of rotatable bonds is 3. The molecule has 1 aliphatic rings. The second-order valence-electron chi connectivity index (χ2n) is 4.04. The van der Waals surface area contributed by atoms with Crippen LogP contribution in [0.4, 0.5) is 0 Å². The molecule has 0 aliphatic heterocycles. The van der Waals surface area contributed by atoms with Crippen LogP contribution < -0.4 is 0 Å². The predicted molar refractivity (Wildman–Crippen MR) is 52.5 cm³/mol. The quantitative estimate of drug-likeness (QED) is 0.681. The maximum atomic E-state index is 11.1. The Bertz CT molecular complexity index is 220. The summed E-state index contributed by atoms with van der Waals surface area (Å²) in [5.74, 6) is -0.435. The molecule has 0 unspecified atom stereocenters. The van der Waals surface area contributed by atoms with Crippen LogP contribution in [0.2, 0.25) is 0 Å². The van der Waals surface area contributed by atoms with Crippen molar-refractivity contribution >= 4 is 5.97 Å². The highest BCUT2D eigenvalue weighted by Gasteiger charge is 2.38. The van der Waals surface area contributed by atoms with Gasteiger partial charge in [-0.3, -0.25) is 4.79 Å². The maximum Gasteiger partial charge on any atom is 0.309 e. The zero-order valence-corrected chi connectivity index (χ0v) is 8.42. The molecule has 1 aliphatic carbocycles. The van der Waals surface area contributed by atoms with Gasteiger partial charge in [0.15, 0.2) is 0 Å². The number of aliphatic carboxylic acids is 1. The molecule has 2 atom stereocenters. The van der Waals surface area contributed by atoms with Crippen LogP contribution in [0.3, 0.4) is 0 Å². The van der Waals surface area contributed by atoms with Crippen molar-refractivity contribution in [2.75, 3.05) is 0 Å². The van der Waals surface area contributed by atoms with Crippen LogP contribution in [0, 0.1) is 11.3 Å². The lowest BCUT2D eigenvalue weighted by Crippen LogP contribution is -2.35. The van der Waals surface area contributed by atoms with E-state index in [1.807, 2.05) is 13.8 Å². The summed E-state index contributed by atoms with van der Waals surface area (Å²) in [6, 6.07) is 0. The molecular formula is C11H18O2. The molecule has 1 rings (SSSR count). The molecule has 1 N–H and O–H groups in total. The Labute approximate surface area is 79.6 Å². The molecule has 0 amide bonds. The van der Waals surface area contributed by atoms with E-state index in [-0.39, 0.29) is 5.92 Å². The summed E-state index contributed by atoms with van der Waals surface area (Å²) in [7, 11) is 0. The minimum absolute atomic E-state index is 0.226. The molecule has 0 fully saturated rings. The number of hydrogen-bond acceptors (Lipinski definition) is 1. The summed E-state index contributed by atoms with van der Waals surface area (Å²) in [4.78, 5) is 11.1. The molecule has 0 heterocycles. The van der Waals surface area contributed by atoms with Gasteiger partial charge in [0.2, 0.25) is 0 Å². The Kier molecular flexibility index (Phi) is 3.12. The van der Waals surface area contributed by atoms with Crippen LogP contribution >= 0.6 is 0 Å². The second kappa shape index (κ2) is 3.95. The Balaban J connectivity index is 2.80. The SMILES string of the molecule is CC[C@](C)(C(=O)O)[C@@H]1C=CCCC1. The summed E-state index contributed by atoms with van der Waals surface area (Å²) >= 11 is 0. The van der Waals surface area contributed by atoms with Gasteiger partial charge in [-0.05, 0) is 38.5 Å². The monoisotopic (exact) mass is 182 g/mol. The van der Waals surface area contributed by atoms with Crippen LogP contribution in [0.15, 0.2) is 12.2 Å². The average molecular weight is 182 g/mol. The minimum Gasteiger partial charge on any atom is -0.481 e. The highest BCUT2D eigenvalue weighted by atomic mass is 16.4. The van der Waals surface area contributed by atoms with Gasteiger partial charge in [0, 0.05) is 0 Å². The molecule has 0 aromatic heterocycles. The van der Waals surface area contributed by atoms with Crippen LogP contribution in [0.25, 0.3) is 0 Å². The van der Waals surface area contributed by atoms with Crippen molar-refractivity contribution in [3.63, 3.8) is 0 Å². The third kappa shape index (κ3) is 1.93. The van der Waals surface area contributed by atoms with E-state index in [0.29, 0.717) is 6.42 Å². The number of carboxylic acids is 1. The smallest absolute Gasteiger partial charge is 0.309 e. The van der Waals surface area contributed by atoms with Crippen LogP contribution in [-0.2, 0) is 4.79 Å². The fourth-order valence-electron chi connectivity index (χ4n) is 1.92. The van der Waals surface area contributed by atoms with Crippen molar-refractivity contribution in [3.8, 4) is 0 Å². The molecule has 0 bridgehead atoms. The molecule has 0 saturated carbocycles. The lowest BCUT2D eigenvalue weighted by atomic mass is 9.71. The van der Waals surface area contributed by atoms with Gasteiger partial charge in [-0.1, -0.05) is 19.1 Å². The van der Waals surface area contributed by atoms with E-state index in [0.717, 1.165) is 19.3 Å². The number of carboxylic acid groups (broad SMARTS) is 1. The number of carbonyl (C=O) groups is 1. The second-order valence-corrected chi connectivity index (χ2v) is 4.04. The summed E-state index contributed by atoms with van der Waals surface area (Å²) in [6.07, 6.45) is 8.16. The summed E-state index contributed by atoms with van der Waals surface area (Å²) < 4.78 is 0. The van der Waals surface area contributed by atoms with Crippen molar-refractivity contribution < 1.29 is 9.90 Å². The number of hydrogen-bond donors (Lipinski definition) is 1. The standard InChI is InChI=1S/C11H18O2/c1-3-11(2,10(12)13)9-7-5-4-6-8-9/h5,7,9H,3-4,6,8H2,1-2H3,(H,12,13)/t9-,11+/m1/s1. The van der Waals surface area contributed by atoms with Gasteiger partial charge in [0.1, 0.15) is 0 Å². The molecule has 0 aromatic carbocycles. The van der Waals surface area contributed by atoms with Gasteiger partial charge in [-0.15, -0.1) is 0 Å². The Morgan fingerprint density at radius 3 is 2.77 bits per heavy atom. The van der Waals surface area contributed by atoms with E-state index < -0.39 is 11.4 Å². The zero-order valence-electron chi connectivity index (χ0n) is 8.42. The largest absolute Gasteiger partial charge is 0.481 e. The van der Waals surface area contributed by atoms with Crippen molar-refractivity contribution in [3.05, 3.63) is 12.2 Å². The fraction of sp³-hybridized carbons (Fsp3) is 0.727. The van der Waals surface area contributed by atoms with Crippen LogP contribution in [0.5, 0.6) is 0 Å². The first kappa shape index (κ1) is 10.3. The van der Waals surface area contributed by atoms with Crippen molar-refractivity contribution in [1.82, 2.24) is 0 Å². The van der Waals surface area contributed by atoms with Crippen LogP contribution in [-0.4, -0.2) is 11.1 Å². The van der Waals surface area contributed by atoms with Gasteiger partial charge in [-0.2, -0.15) is 0 Å². The lowest BCUT2D eigenvalue weighted by molar-refractivity contribution is -0.150. The predicted octanol–water partition coefficient (Wildman–Crippen LogP) is 2.84. The Morgan fingerprint density at radius 2 is 2.38 bits per heavy atom. The Morgan fingerprint density at radius 1 is 1.69 bits per heavy atom. The first-order chi connectivity index (χ1) is 6.11. The van der Waals surface area contributed by atoms with E-state index in [4.69, 9.17) is 5.11 Å². The summed E-state index contributed by atoms with van der Waals surface area (Å²) in [6.45, 7) is 3.81. The highest BCUT2D eigenvalue weighted by Crippen LogP contribution is 2.37. The normalized spacial score (nSPS) is 26.8. The van der Waals surface area contributed by atoms with Crippen molar-refractivity contribution in [2.45, 2.75) is 39.5 Å². The van der Waals surface area contributed by atoms with Gasteiger partial charge < -0.3 is 5.11 Å². The minimum atomic E-state index is -0.661. The van der Waals surface area contributed by atoms with E-state index in [1.165, 1.54) is 0 Å². The maximum absolute atomic E-state index is 11.1. The first-order valence-electron chi connectivity index (χ1n) is 5.01. The first-order valence-corrected chi connectivity index (χ1v) is 5.01. The molecule has 0 spiro atoms. The summed E-state index contributed by atoms with van der Waals surface area (Å²) in [5.41, 5.74) is -0.559. The van der Waals surface area contributed by atoms with Gasteiger partial charge >= 0.3 is 5.97 Å². The summed E-state index contributed by atoms with van der Waals surface area (Å²) in [5, 5.41) is 9.15. The molecule has 2 heteroatoms. The third-order valence-electron chi connectivity index (χ3n) is 3.30. The number of allylic oxidation sites excluding steroid dienone is 2. The van der Waals surface area contributed by atoms with Gasteiger partial charge in [-0.25, -0.2) is 0 Å². The highest BCUT2D eigenvalue weighted by molar-refractivity contribution is 5.74. The molecule has 2 nitrogen and oxygen atoms in total. The average Bonchev–Trinajstić information content (AvgIpc) is 2.17. The molecule has 0 aromatic rings. The van der Waals surface area contributed by atoms with E-state index in [9.17, 15) is 4.79 Å². The molecule has 0 radical (unpaired) electrons. The molecule has 74 valence electrons. The van der Waals surface area contributed by atoms with E-state index in [1.54, 1.807) is 0 Å². The van der Waals surface area contributed by atoms with E-state index in [2.05, 4.69) is 12.2 Å². The Hall–Kier alpha value is -0.790. The van der Waals surface area contributed by atoms with Gasteiger partial charge in [0.05, 0.1) is 5.41 Å². The third-order valence-corrected chi connectivity index (χ3v) is 3.30. The fourth-order valence-corrected chi connectivity index (χ4v) is 1.92. The molecular weight excluding hydrogens is 164 g/mol. The zero-order chi connectivity index (χ0) is 9.90. The van der Waals surface area contributed by atoms with Gasteiger partial charge in [0.25, 0.3) is 0 Å². The molecule has 0 saturated heterocycles.